The molecule has 0 aromatic heterocycles. The van der Waals surface area contributed by atoms with Crippen LogP contribution < -0.4 is 5.32 Å². The fraction of sp³-hybridized carbons (Fsp3) is 0.385. The van der Waals surface area contributed by atoms with Crippen LogP contribution in [0.25, 0.3) is 0 Å². The minimum atomic E-state index is -0.153. The first kappa shape index (κ1) is 12.9. The molecule has 1 aromatic carbocycles. The third kappa shape index (κ3) is 2.82. The second-order valence-corrected chi connectivity index (χ2v) is 5.06. The van der Waals surface area contributed by atoms with Gasteiger partial charge in [-0.2, -0.15) is 0 Å². The lowest BCUT2D eigenvalue weighted by atomic mass is 10.2. The molecule has 0 bridgehead atoms. The molecule has 1 saturated carbocycles. The van der Waals surface area contributed by atoms with Crippen molar-refractivity contribution in [3.8, 4) is 0 Å². The second kappa shape index (κ2) is 4.98. The van der Waals surface area contributed by atoms with Gasteiger partial charge in [0.1, 0.15) is 0 Å². The van der Waals surface area contributed by atoms with Crippen LogP contribution in [0.3, 0.4) is 0 Å². The molecule has 2 amide bonds. The highest BCUT2D eigenvalue weighted by molar-refractivity contribution is 6.34. The summed E-state index contributed by atoms with van der Waals surface area (Å²) in [6.07, 6.45) is 1.91. The Morgan fingerprint density at radius 1 is 1.33 bits per heavy atom. The quantitative estimate of drug-likeness (QED) is 0.913. The van der Waals surface area contributed by atoms with E-state index in [1.54, 1.807) is 32.3 Å². The summed E-state index contributed by atoms with van der Waals surface area (Å²) in [4.78, 5) is 24.8. The van der Waals surface area contributed by atoms with E-state index >= 15 is 0 Å². The zero-order valence-electron chi connectivity index (χ0n) is 10.4. The number of carbonyl (C=O) groups excluding carboxylic acids is 2. The topological polar surface area (TPSA) is 49.4 Å². The van der Waals surface area contributed by atoms with Gasteiger partial charge in [-0.05, 0) is 31.0 Å². The Labute approximate surface area is 111 Å². The Morgan fingerprint density at radius 3 is 2.50 bits per heavy atom. The number of halogens is 1. The van der Waals surface area contributed by atoms with Crippen molar-refractivity contribution >= 4 is 29.1 Å². The van der Waals surface area contributed by atoms with Crippen LogP contribution in [0.5, 0.6) is 0 Å². The molecule has 96 valence electrons. The molecule has 0 unspecified atom stereocenters. The van der Waals surface area contributed by atoms with E-state index in [2.05, 4.69) is 5.32 Å². The molecule has 1 fully saturated rings. The highest BCUT2D eigenvalue weighted by Crippen LogP contribution is 2.30. The number of nitrogens with zero attached hydrogens (tertiary/aromatic N) is 1. The summed E-state index contributed by atoms with van der Waals surface area (Å²) >= 11 is 6.05. The smallest absolute Gasteiger partial charge is 0.254 e. The van der Waals surface area contributed by atoms with Crippen LogP contribution in [-0.4, -0.2) is 30.8 Å². The summed E-state index contributed by atoms with van der Waals surface area (Å²) in [5, 5.41) is 3.14. The lowest BCUT2D eigenvalue weighted by Crippen LogP contribution is -2.22. The van der Waals surface area contributed by atoms with Crippen molar-refractivity contribution in [2.24, 2.45) is 5.92 Å². The van der Waals surface area contributed by atoms with Crippen LogP contribution >= 0.6 is 11.6 Å². The zero-order chi connectivity index (χ0) is 13.3. The van der Waals surface area contributed by atoms with Crippen molar-refractivity contribution in [2.75, 3.05) is 19.4 Å². The number of benzene rings is 1. The molecule has 0 spiro atoms. The fourth-order valence-corrected chi connectivity index (χ4v) is 1.86. The van der Waals surface area contributed by atoms with Gasteiger partial charge in [-0.25, -0.2) is 0 Å². The summed E-state index contributed by atoms with van der Waals surface area (Å²) in [6, 6.07) is 4.94. The third-order valence-corrected chi connectivity index (χ3v) is 3.13. The van der Waals surface area contributed by atoms with Gasteiger partial charge < -0.3 is 10.2 Å². The Hall–Kier alpha value is -1.55. The highest BCUT2D eigenvalue weighted by Gasteiger charge is 2.29. The number of nitrogens with one attached hydrogen (secondary N) is 1. The number of rotatable bonds is 3. The standard InChI is InChI=1S/C13H15ClN2O2/c1-16(2)13(18)10-6-5-9(7-11(10)14)15-12(17)8-3-4-8/h5-8H,3-4H2,1-2H3,(H,15,17). The van der Waals surface area contributed by atoms with Gasteiger partial charge in [-0.15, -0.1) is 0 Å². The molecule has 0 radical (unpaired) electrons. The van der Waals surface area contributed by atoms with Crippen molar-refractivity contribution in [3.63, 3.8) is 0 Å². The highest BCUT2D eigenvalue weighted by atomic mass is 35.5. The van der Waals surface area contributed by atoms with E-state index in [4.69, 9.17) is 11.6 Å². The number of amides is 2. The maximum Gasteiger partial charge on any atom is 0.254 e. The average molecular weight is 267 g/mol. The van der Waals surface area contributed by atoms with Gasteiger partial charge in [0.2, 0.25) is 5.91 Å². The minimum absolute atomic E-state index is 0.0257. The van der Waals surface area contributed by atoms with Crippen molar-refractivity contribution in [1.29, 1.82) is 0 Å². The fourth-order valence-electron chi connectivity index (χ4n) is 1.60. The van der Waals surface area contributed by atoms with Crippen LogP contribution in [0.1, 0.15) is 23.2 Å². The summed E-state index contributed by atoms with van der Waals surface area (Å²) < 4.78 is 0. The van der Waals surface area contributed by atoms with E-state index in [-0.39, 0.29) is 17.7 Å². The van der Waals surface area contributed by atoms with Gasteiger partial charge >= 0.3 is 0 Å². The second-order valence-electron chi connectivity index (χ2n) is 4.66. The van der Waals surface area contributed by atoms with Crippen LogP contribution in [0.15, 0.2) is 18.2 Å². The number of anilines is 1. The molecule has 1 N–H and O–H groups in total. The summed E-state index contributed by atoms with van der Waals surface area (Å²) in [5.74, 6) is 0.0182. The Morgan fingerprint density at radius 2 is 2.00 bits per heavy atom. The summed E-state index contributed by atoms with van der Waals surface area (Å²) in [7, 11) is 3.34. The SMILES string of the molecule is CN(C)C(=O)c1ccc(NC(=O)C2CC2)cc1Cl. The van der Waals surface area contributed by atoms with Gasteiger partial charge in [-0.1, -0.05) is 11.6 Å². The average Bonchev–Trinajstić information content (AvgIpc) is 3.12. The summed E-state index contributed by atoms with van der Waals surface area (Å²) in [6.45, 7) is 0. The molecule has 0 atom stereocenters. The number of carbonyl (C=O) groups is 2. The molecule has 2 rings (SSSR count). The van der Waals surface area contributed by atoms with Crippen LogP contribution in [0.4, 0.5) is 5.69 Å². The first-order valence-electron chi connectivity index (χ1n) is 5.81. The number of hydrogen-bond donors (Lipinski definition) is 1. The molecule has 0 heterocycles. The summed E-state index contributed by atoms with van der Waals surface area (Å²) in [5.41, 5.74) is 1.07. The van der Waals surface area contributed by atoms with Gasteiger partial charge in [-0.3, -0.25) is 9.59 Å². The van der Waals surface area contributed by atoms with E-state index < -0.39 is 0 Å². The molecule has 4 nitrogen and oxygen atoms in total. The van der Waals surface area contributed by atoms with Crippen molar-refractivity contribution < 1.29 is 9.59 Å². The normalized spacial score (nSPS) is 14.2. The van der Waals surface area contributed by atoms with Crippen molar-refractivity contribution in [1.82, 2.24) is 4.90 Å². The van der Waals surface area contributed by atoms with Gasteiger partial charge in [0.25, 0.3) is 5.91 Å². The van der Waals surface area contributed by atoms with Gasteiger partial charge in [0.15, 0.2) is 0 Å². The van der Waals surface area contributed by atoms with E-state index in [0.29, 0.717) is 16.3 Å². The predicted molar refractivity (Wildman–Crippen MR) is 70.8 cm³/mol. The first-order chi connectivity index (χ1) is 8.49. The van der Waals surface area contributed by atoms with Gasteiger partial charge in [0.05, 0.1) is 10.6 Å². The van der Waals surface area contributed by atoms with Crippen molar-refractivity contribution in [2.45, 2.75) is 12.8 Å². The van der Waals surface area contributed by atoms with Gasteiger partial charge in [0, 0.05) is 25.7 Å². The lowest BCUT2D eigenvalue weighted by Gasteiger charge is -2.12. The van der Waals surface area contributed by atoms with E-state index in [1.807, 2.05) is 0 Å². The maximum absolute atomic E-state index is 11.8. The maximum atomic E-state index is 11.8. The third-order valence-electron chi connectivity index (χ3n) is 2.82. The predicted octanol–water partition coefficient (Wildman–Crippen LogP) is 2.39. The largest absolute Gasteiger partial charge is 0.345 e. The van der Waals surface area contributed by atoms with Crippen molar-refractivity contribution in [3.05, 3.63) is 28.8 Å². The molecule has 1 aromatic rings. The Kier molecular flexibility index (Phi) is 3.57. The van der Waals surface area contributed by atoms with Crippen LogP contribution in [0, 0.1) is 5.92 Å². The Balaban J connectivity index is 2.13. The van der Waals surface area contributed by atoms with E-state index in [0.717, 1.165) is 12.8 Å². The molecule has 1 aliphatic carbocycles. The molecule has 0 saturated heterocycles. The Bertz CT molecular complexity index is 496. The van der Waals surface area contributed by atoms with E-state index in [9.17, 15) is 9.59 Å². The van der Waals surface area contributed by atoms with Crippen LogP contribution in [-0.2, 0) is 4.79 Å². The van der Waals surface area contributed by atoms with E-state index in [1.165, 1.54) is 4.90 Å². The lowest BCUT2D eigenvalue weighted by molar-refractivity contribution is -0.117. The molecule has 18 heavy (non-hydrogen) atoms. The number of hydrogen-bond acceptors (Lipinski definition) is 2. The molecular weight excluding hydrogens is 252 g/mol. The molecule has 5 heteroatoms. The monoisotopic (exact) mass is 266 g/mol. The minimum Gasteiger partial charge on any atom is -0.345 e. The zero-order valence-corrected chi connectivity index (χ0v) is 11.1. The molecular formula is C13H15ClN2O2. The first-order valence-corrected chi connectivity index (χ1v) is 6.19. The molecule has 0 aliphatic heterocycles. The molecule has 1 aliphatic rings. The van der Waals surface area contributed by atoms with Crippen LogP contribution in [0.2, 0.25) is 5.02 Å².